The maximum Gasteiger partial charge on any atom is 0.248 e. The van der Waals surface area contributed by atoms with Crippen molar-refractivity contribution in [1.29, 1.82) is 0 Å². The van der Waals surface area contributed by atoms with Crippen LogP contribution in [0.4, 0.5) is 11.4 Å². The Morgan fingerprint density at radius 1 is 0.931 bits per heavy atom. The van der Waals surface area contributed by atoms with Crippen LogP contribution in [0.5, 0.6) is 0 Å². The van der Waals surface area contributed by atoms with Crippen LogP contribution >= 0.6 is 11.3 Å². The standard InChI is InChI=1S/C24H21N3OS/c1-17(18-7-3-2-4-8-18)25-19-11-13-20(14-12-19)26-23(28)15-16-24-27-21-9-5-6-10-22(21)29-24/h2-17,25H,1H3,(H,26,28)/b16-15+. The Hall–Kier alpha value is -3.44. The zero-order valence-corrected chi connectivity index (χ0v) is 16.8. The number of fused-ring (bicyclic) bond motifs is 1. The van der Waals surface area contributed by atoms with Gasteiger partial charge >= 0.3 is 0 Å². The summed E-state index contributed by atoms with van der Waals surface area (Å²) in [7, 11) is 0. The Morgan fingerprint density at radius 2 is 1.62 bits per heavy atom. The summed E-state index contributed by atoms with van der Waals surface area (Å²) in [5.74, 6) is -0.178. The molecule has 1 atom stereocenters. The number of para-hydroxylation sites is 1. The van der Waals surface area contributed by atoms with Crippen molar-refractivity contribution in [2.24, 2.45) is 0 Å². The van der Waals surface area contributed by atoms with Gasteiger partial charge in [0.05, 0.1) is 10.2 Å². The topological polar surface area (TPSA) is 54.0 Å². The molecule has 1 aromatic heterocycles. The Bertz CT molecular complexity index is 1100. The van der Waals surface area contributed by atoms with Crippen LogP contribution < -0.4 is 10.6 Å². The van der Waals surface area contributed by atoms with Crippen LogP contribution in [-0.4, -0.2) is 10.9 Å². The number of nitrogens with one attached hydrogen (secondary N) is 2. The predicted molar refractivity (Wildman–Crippen MR) is 122 cm³/mol. The second-order valence-corrected chi connectivity index (χ2v) is 7.76. The smallest absolute Gasteiger partial charge is 0.248 e. The van der Waals surface area contributed by atoms with Crippen molar-refractivity contribution in [3.63, 3.8) is 0 Å². The highest BCUT2D eigenvalue weighted by Gasteiger charge is 2.05. The van der Waals surface area contributed by atoms with Crippen LogP contribution in [-0.2, 0) is 4.79 Å². The molecule has 5 heteroatoms. The third-order valence-electron chi connectivity index (χ3n) is 4.52. The van der Waals surface area contributed by atoms with Gasteiger partial charge in [-0.3, -0.25) is 4.79 Å². The second-order valence-electron chi connectivity index (χ2n) is 6.70. The molecular formula is C24H21N3OS. The van der Waals surface area contributed by atoms with Crippen LogP contribution in [0.3, 0.4) is 0 Å². The summed E-state index contributed by atoms with van der Waals surface area (Å²) in [5, 5.41) is 7.16. The molecule has 0 fully saturated rings. The average Bonchev–Trinajstić information content (AvgIpc) is 3.17. The van der Waals surface area contributed by atoms with Gasteiger partial charge in [-0.25, -0.2) is 4.98 Å². The quantitative estimate of drug-likeness (QED) is 0.384. The molecule has 0 radical (unpaired) electrons. The number of carbonyl (C=O) groups is 1. The van der Waals surface area contributed by atoms with Gasteiger partial charge in [0.2, 0.25) is 5.91 Å². The molecule has 4 rings (SSSR count). The molecule has 1 amide bonds. The Balaban J connectivity index is 1.35. The van der Waals surface area contributed by atoms with Gasteiger partial charge in [0, 0.05) is 23.5 Å². The van der Waals surface area contributed by atoms with Gasteiger partial charge in [0.25, 0.3) is 0 Å². The van der Waals surface area contributed by atoms with Crippen LogP contribution in [0.2, 0.25) is 0 Å². The monoisotopic (exact) mass is 399 g/mol. The van der Waals surface area contributed by atoms with E-state index in [-0.39, 0.29) is 11.9 Å². The van der Waals surface area contributed by atoms with E-state index >= 15 is 0 Å². The van der Waals surface area contributed by atoms with Crippen molar-refractivity contribution in [3.05, 3.63) is 95.5 Å². The number of aromatic nitrogens is 1. The Labute approximate surface area is 173 Å². The van der Waals surface area contributed by atoms with Crippen LogP contribution in [0.1, 0.15) is 23.5 Å². The molecule has 0 saturated carbocycles. The molecule has 0 bridgehead atoms. The van der Waals surface area contributed by atoms with E-state index in [2.05, 4.69) is 34.7 Å². The van der Waals surface area contributed by atoms with E-state index in [1.54, 1.807) is 17.4 Å². The van der Waals surface area contributed by atoms with Gasteiger partial charge in [-0.05, 0) is 55.0 Å². The number of benzene rings is 3. The van der Waals surface area contributed by atoms with E-state index in [9.17, 15) is 4.79 Å². The van der Waals surface area contributed by atoms with E-state index < -0.39 is 0 Å². The molecule has 4 aromatic rings. The largest absolute Gasteiger partial charge is 0.379 e. The fourth-order valence-electron chi connectivity index (χ4n) is 3.02. The van der Waals surface area contributed by atoms with Gasteiger partial charge in [0.15, 0.2) is 0 Å². The van der Waals surface area contributed by atoms with Gasteiger partial charge in [-0.2, -0.15) is 0 Å². The highest BCUT2D eigenvalue weighted by molar-refractivity contribution is 7.19. The normalized spacial score (nSPS) is 12.2. The lowest BCUT2D eigenvalue weighted by Gasteiger charge is -2.16. The van der Waals surface area contributed by atoms with E-state index in [1.165, 1.54) is 11.6 Å². The molecule has 29 heavy (non-hydrogen) atoms. The summed E-state index contributed by atoms with van der Waals surface area (Å²) in [6, 6.07) is 26.1. The summed E-state index contributed by atoms with van der Waals surface area (Å²) < 4.78 is 1.11. The number of amides is 1. The fraction of sp³-hybridized carbons (Fsp3) is 0.0833. The first-order valence-corrected chi connectivity index (χ1v) is 10.3. The predicted octanol–water partition coefficient (Wildman–Crippen LogP) is 6.12. The van der Waals surface area contributed by atoms with Gasteiger partial charge < -0.3 is 10.6 Å². The van der Waals surface area contributed by atoms with Crippen molar-refractivity contribution < 1.29 is 4.79 Å². The number of anilines is 2. The summed E-state index contributed by atoms with van der Waals surface area (Å²) in [5.41, 5.74) is 3.93. The van der Waals surface area contributed by atoms with Crippen LogP contribution in [0.15, 0.2) is 84.9 Å². The SMILES string of the molecule is CC(Nc1ccc(NC(=O)/C=C/c2nc3ccccc3s2)cc1)c1ccccc1. The van der Waals surface area contributed by atoms with Crippen molar-refractivity contribution in [1.82, 2.24) is 4.98 Å². The molecule has 1 unspecified atom stereocenters. The number of carbonyl (C=O) groups excluding carboxylic acids is 1. The Morgan fingerprint density at radius 3 is 2.38 bits per heavy atom. The van der Waals surface area contributed by atoms with Crippen molar-refractivity contribution in [2.45, 2.75) is 13.0 Å². The number of rotatable bonds is 6. The number of nitrogens with zero attached hydrogens (tertiary/aromatic N) is 1. The molecule has 2 N–H and O–H groups in total. The van der Waals surface area contributed by atoms with Crippen molar-refractivity contribution in [3.8, 4) is 0 Å². The average molecular weight is 400 g/mol. The zero-order valence-electron chi connectivity index (χ0n) is 16.0. The molecule has 0 spiro atoms. The number of hydrogen-bond acceptors (Lipinski definition) is 4. The summed E-state index contributed by atoms with van der Waals surface area (Å²) in [6.45, 7) is 2.12. The maximum atomic E-state index is 12.2. The highest BCUT2D eigenvalue weighted by atomic mass is 32.1. The lowest BCUT2D eigenvalue weighted by molar-refractivity contribution is -0.111. The van der Waals surface area contributed by atoms with E-state index in [1.807, 2.05) is 66.7 Å². The first-order valence-electron chi connectivity index (χ1n) is 9.43. The van der Waals surface area contributed by atoms with Crippen molar-refractivity contribution in [2.75, 3.05) is 10.6 Å². The van der Waals surface area contributed by atoms with E-state index in [0.717, 1.165) is 26.6 Å². The summed E-state index contributed by atoms with van der Waals surface area (Å²) >= 11 is 1.57. The third kappa shape index (κ3) is 4.89. The highest BCUT2D eigenvalue weighted by Crippen LogP contribution is 2.23. The van der Waals surface area contributed by atoms with Crippen LogP contribution in [0.25, 0.3) is 16.3 Å². The third-order valence-corrected chi connectivity index (χ3v) is 5.52. The zero-order chi connectivity index (χ0) is 20.1. The van der Waals surface area contributed by atoms with Gasteiger partial charge in [-0.1, -0.05) is 42.5 Å². The maximum absolute atomic E-state index is 12.2. The molecule has 144 valence electrons. The minimum atomic E-state index is -0.178. The number of hydrogen-bond donors (Lipinski definition) is 2. The van der Waals surface area contributed by atoms with Crippen molar-refractivity contribution >= 4 is 44.9 Å². The lowest BCUT2D eigenvalue weighted by Crippen LogP contribution is -2.08. The molecule has 3 aromatic carbocycles. The van der Waals surface area contributed by atoms with Gasteiger partial charge in [0.1, 0.15) is 5.01 Å². The summed E-state index contributed by atoms with van der Waals surface area (Å²) in [4.78, 5) is 16.7. The van der Waals surface area contributed by atoms with E-state index in [4.69, 9.17) is 0 Å². The first-order chi connectivity index (χ1) is 14.2. The van der Waals surface area contributed by atoms with Gasteiger partial charge in [-0.15, -0.1) is 11.3 Å². The minimum Gasteiger partial charge on any atom is -0.379 e. The summed E-state index contributed by atoms with van der Waals surface area (Å²) in [6.07, 6.45) is 3.26. The second kappa shape index (κ2) is 8.71. The lowest BCUT2D eigenvalue weighted by atomic mass is 10.1. The van der Waals surface area contributed by atoms with E-state index in [0.29, 0.717) is 0 Å². The minimum absolute atomic E-state index is 0.178. The first kappa shape index (κ1) is 18.9. The molecule has 0 aliphatic rings. The molecular weight excluding hydrogens is 378 g/mol. The number of thiazole rings is 1. The Kier molecular flexibility index (Phi) is 5.68. The fourth-order valence-corrected chi connectivity index (χ4v) is 3.89. The molecule has 0 saturated heterocycles. The molecule has 4 nitrogen and oxygen atoms in total. The molecule has 0 aliphatic carbocycles. The van der Waals surface area contributed by atoms with Crippen LogP contribution in [0, 0.1) is 0 Å². The molecule has 0 aliphatic heterocycles. The molecule has 1 heterocycles.